The number of rotatable bonds is 9. The predicted octanol–water partition coefficient (Wildman–Crippen LogP) is 6.92. The van der Waals surface area contributed by atoms with E-state index in [4.69, 9.17) is 4.98 Å². The number of unbranched alkanes of at least 4 members (excludes halogenated alkanes) is 1. The first-order chi connectivity index (χ1) is 17.4. The number of likely N-dealkylation sites (tertiary alicyclic amines) is 1. The van der Waals surface area contributed by atoms with Crippen LogP contribution in [0.3, 0.4) is 0 Å². The van der Waals surface area contributed by atoms with Crippen LogP contribution in [0.1, 0.15) is 60.9 Å². The molecule has 3 aromatic carbocycles. The zero-order valence-corrected chi connectivity index (χ0v) is 20.7. The molecular formula is C32H37N3. The van der Waals surface area contributed by atoms with Crippen LogP contribution < -0.4 is 0 Å². The first kappa shape index (κ1) is 23.6. The van der Waals surface area contributed by atoms with E-state index in [-0.39, 0.29) is 0 Å². The van der Waals surface area contributed by atoms with Gasteiger partial charge in [0, 0.05) is 6.20 Å². The molecule has 1 aliphatic heterocycles. The summed E-state index contributed by atoms with van der Waals surface area (Å²) in [5.41, 5.74) is 4.42. The number of nitrogens with zero attached hydrogens (tertiary/aromatic N) is 3. The molecule has 4 aromatic rings. The van der Waals surface area contributed by atoms with Crippen LogP contribution in [0.15, 0.2) is 104 Å². The SMILES string of the molecule is c1ccc(C(c2ccccc2)(c2ccccc2)n2cnc(CCCCN3CCCCCC3)c2)cc1. The van der Waals surface area contributed by atoms with Crippen molar-refractivity contribution in [1.82, 2.24) is 14.5 Å². The molecule has 0 aliphatic carbocycles. The second-order valence-electron chi connectivity index (χ2n) is 9.79. The number of imidazole rings is 1. The van der Waals surface area contributed by atoms with Crippen LogP contribution in [0.25, 0.3) is 0 Å². The second-order valence-corrected chi connectivity index (χ2v) is 9.79. The molecule has 1 aliphatic rings. The Balaban J connectivity index is 1.43. The zero-order chi connectivity index (χ0) is 23.8. The molecule has 2 heterocycles. The molecule has 1 fully saturated rings. The minimum absolute atomic E-state index is 0.471. The topological polar surface area (TPSA) is 21.1 Å². The third-order valence-corrected chi connectivity index (χ3v) is 7.45. The number of hydrogen-bond acceptors (Lipinski definition) is 2. The van der Waals surface area contributed by atoms with Gasteiger partial charge in [-0.3, -0.25) is 0 Å². The van der Waals surface area contributed by atoms with Gasteiger partial charge in [0.05, 0.1) is 12.0 Å². The molecule has 3 heteroatoms. The van der Waals surface area contributed by atoms with Crippen molar-refractivity contribution >= 4 is 0 Å². The van der Waals surface area contributed by atoms with E-state index in [1.807, 2.05) is 6.33 Å². The average Bonchev–Trinajstić information content (AvgIpc) is 3.23. The van der Waals surface area contributed by atoms with Gasteiger partial charge in [-0.2, -0.15) is 0 Å². The summed E-state index contributed by atoms with van der Waals surface area (Å²) in [5, 5.41) is 0. The number of hydrogen-bond donors (Lipinski definition) is 0. The molecule has 0 atom stereocenters. The largest absolute Gasteiger partial charge is 0.319 e. The van der Waals surface area contributed by atoms with E-state index in [1.165, 1.54) is 80.5 Å². The molecule has 5 rings (SSSR count). The molecule has 180 valence electrons. The van der Waals surface area contributed by atoms with Gasteiger partial charge in [0.15, 0.2) is 0 Å². The zero-order valence-electron chi connectivity index (χ0n) is 20.7. The maximum absolute atomic E-state index is 4.91. The van der Waals surface area contributed by atoms with Crippen molar-refractivity contribution in [3.63, 3.8) is 0 Å². The molecule has 3 nitrogen and oxygen atoms in total. The van der Waals surface area contributed by atoms with Crippen molar-refractivity contribution < 1.29 is 0 Å². The standard InChI is InChI=1S/C32H37N3/c1-2-14-24-34(23-13-1)25-15-12-22-31-26-35(27-33-31)32(28-16-6-3-7-17-28,29-18-8-4-9-19-29)30-20-10-5-11-21-30/h3-11,16-21,26-27H,1-2,12-15,22-25H2. The van der Waals surface area contributed by atoms with Gasteiger partial charge in [0.25, 0.3) is 0 Å². The van der Waals surface area contributed by atoms with Gasteiger partial charge in [-0.15, -0.1) is 0 Å². The molecule has 35 heavy (non-hydrogen) atoms. The van der Waals surface area contributed by atoms with Gasteiger partial charge in [-0.1, -0.05) is 104 Å². The van der Waals surface area contributed by atoms with Crippen LogP contribution in [-0.4, -0.2) is 34.1 Å². The van der Waals surface area contributed by atoms with Crippen LogP contribution >= 0.6 is 0 Å². The fourth-order valence-corrected chi connectivity index (χ4v) is 5.66. The van der Waals surface area contributed by atoms with E-state index >= 15 is 0 Å². The molecule has 0 amide bonds. The summed E-state index contributed by atoms with van der Waals surface area (Å²) < 4.78 is 2.33. The molecule has 0 unspecified atom stereocenters. The maximum Gasteiger partial charge on any atom is 0.121 e. The van der Waals surface area contributed by atoms with Gasteiger partial charge < -0.3 is 9.47 Å². The van der Waals surface area contributed by atoms with Gasteiger partial charge >= 0.3 is 0 Å². The van der Waals surface area contributed by atoms with Gasteiger partial charge in [-0.25, -0.2) is 4.98 Å². The number of aromatic nitrogens is 2. The third kappa shape index (κ3) is 5.26. The second kappa shape index (κ2) is 11.5. The van der Waals surface area contributed by atoms with E-state index < -0.39 is 5.54 Å². The third-order valence-electron chi connectivity index (χ3n) is 7.45. The Morgan fingerprint density at radius 3 is 1.66 bits per heavy atom. The lowest BCUT2D eigenvalue weighted by atomic mass is 9.77. The Kier molecular flexibility index (Phi) is 7.75. The summed E-state index contributed by atoms with van der Waals surface area (Å²) in [4.78, 5) is 7.57. The van der Waals surface area contributed by atoms with E-state index in [2.05, 4.69) is 107 Å². The van der Waals surface area contributed by atoms with E-state index in [0.717, 1.165) is 6.42 Å². The number of benzene rings is 3. The smallest absolute Gasteiger partial charge is 0.121 e. The highest BCUT2D eigenvalue weighted by atomic mass is 15.1. The summed E-state index contributed by atoms with van der Waals surface area (Å²) in [6, 6.07) is 32.5. The Morgan fingerprint density at radius 2 is 1.14 bits per heavy atom. The Morgan fingerprint density at radius 1 is 0.629 bits per heavy atom. The molecule has 0 radical (unpaired) electrons. The lowest BCUT2D eigenvalue weighted by molar-refractivity contribution is 0.279. The van der Waals surface area contributed by atoms with E-state index in [1.54, 1.807) is 0 Å². The van der Waals surface area contributed by atoms with Gasteiger partial charge in [0.2, 0.25) is 0 Å². The molecule has 0 saturated carbocycles. The Labute approximate surface area is 210 Å². The van der Waals surface area contributed by atoms with Crippen molar-refractivity contribution in [3.8, 4) is 0 Å². The highest BCUT2D eigenvalue weighted by molar-refractivity contribution is 5.50. The maximum atomic E-state index is 4.91. The molecule has 0 bridgehead atoms. The van der Waals surface area contributed by atoms with Crippen LogP contribution in [0.2, 0.25) is 0 Å². The summed E-state index contributed by atoms with van der Waals surface area (Å²) >= 11 is 0. The Hall–Kier alpha value is -3.17. The molecule has 1 aromatic heterocycles. The first-order valence-electron chi connectivity index (χ1n) is 13.3. The quantitative estimate of drug-likeness (QED) is 0.198. The van der Waals surface area contributed by atoms with Crippen molar-refractivity contribution in [2.45, 2.75) is 50.5 Å². The fourth-order valence-electron chi connectivity index (χ4n) is 5.66. The molecule has 1 saturated heterocycles. The Bertz CT molecular complexity index is 1050. The number of aryl methyl sites for hydroxylation is 1. The van der Waals surface area contributed by atoms with Crippen molar-refractivity contribution in [2.75, 3.05) is 19.6 Å². The van der Waals surface area contributed by atoms with Crippen molar-refractivity contribution in [3.05, 3.63) is 126 Å². The monoisotopic (exact) mass is 463 g/mol. The van der Waals surface area contributed by atoms with Crippen molar-refractivity contribution in [2.24, 2.45) is 0 Å². The molecule has 0 N–H and O–H groups in total. The van der Waals surface area contributed by atoms with Crippen LogP contribution in [0.4, 0.5) is 0 Å². The highest BCUT2D eigenvalue weighted by Crippen LogP contribution is 2.40. The summed E-state index contributed by atoms with van der Waals surface area (Å²) in [7, 11) is 0. The first-order valence-corrected chi connectivity index (χ1v) is 13.3. The minimum atomic E-state index is -0.471. The lowest BCUT2D eigenvalue weighted by Gasteiger charge is -2.37. The average molecular weight is 464 g/mol. The van der Waals surface area contributed by atoms with Gasteiger partial charge in [-0.05, 0) is 68.4 Å². The summed E-state index contributed by atoms with van der Waals surface area (Å²) in [6.07, 6.45) is 13.3. The van der Waals surface area contributed by atoms with E-state index in [9.17, 15) is 0 Å². The minimum Gasteiger partial charge on any atom is -0.319 e. The molecular weight excluding hydrogens is 426 g/mol. The highest BCUT2D eigenvalue weighted by Gasteiger charge is 2.38. The predicted molar refractivity (Wildman–Crippen MR) is 145 cm³/mol. The van der Waals surface area contributed by atoms with Crippen molar-refractivity contribution in [1.29, 1.82) is 0 Å². The van der Waals surface area contributed by atoms with Crippen LogP contribution in [-0.2, 0) is 12.0 Å². The normalized spacial score (nSPS) is 15.1. The summed E-state index contributed by atoms with van der Waals surface area (Å²) in [6.45, 7) is 3.79. The summed E-state index contributed by atoms with van der Waals surface area (Å²) in [5.74, 6) is 0. The molecule has 0 spiro atoms. The fraction of sp³-hybridized carbons (Fsp3) is 0.344. The van der Waals surface area contributed by atoms with E-state index in [0.29, 0.717) is 0 Å². The van der Waals surface area contributed by atoms with Crippen LogP contribution in [0.5, 0.6) is 0 Å². The van der Waals surface area contributed by atoms with Gasteiger partial charge in [0.1, 0.15) is 5.54 Å². The van der Waals surface area contributed by atoms with Crippen LogP contribution in [0, 0.1) is 0 Å². The lowest BCUT2D eigenvalue weighted by Crippen LogP contribution is -2.36.